The molecule has 1 fully saturated rings. The molecule has 2 aromatic rings. The molecule has 0 bridgehead atoms. The molecule has 6 nitrogen and oxygen atoms in total. The summed E-state index contributed by atoms with van der Waals surface area (Å²) in [5.74, 6) is 0.279. The number of benzene rings is 1. The van der Waals surface area contributed by atoms with Crippen molar-refractivity contribution in [3.63, 3.8) is 0 Å². The predicted molar refractivity (Wildman–Crippen MR) is 104 cm³/mol. The van der Waals surface area contributed by atoms with E-state index in [1.165, 1.54) is 5.56 Å². The maximum atomic E-state index is 13.1. The van der Waals surface area contributed by atoms with Crippen LogP contribution in [-0.2, 0) is 22.4 Å². The second kappa shape index (κ2) is 7.82. The Hall–Kier alpha value is -2.18. The molecule has 1 aliphatic carbocycles. The first-order valence-electron chi connectivity index (χ1n) is 9.86. The summed E-state index contributed by atoms with van der Waals surface area (Å²) in [7, 11) is 1.69. The van der Waals surface area contributed by atoms with E-state index in [0.29, 0.717) is 0 Å². The van der Waals surface area contributed by atoms with Gasteiger partial charge in [0.25, 0.3) is 0 Å². The van der Waals surface area contributed by atoms with Crippen molar-refractivity contribution in [2.24, 2.45) is 11.7 Å². The second-order valence-electron chi connectivity index (χ2n) is 7.67. The van der Waals surface area contributed by atoms with Gasteiger partial charge in [0.15, 0.2) is 0 Å². The third-order valence-electron chi connectivity index (χ3n) is 6.07. The Kier molecular flexibility index (Phi) is 5.27. The van der Waals surface area contributed by atoms with Gasteiger partial charge < -0.3 is 15.4 Å². The van der Waals surface area contributed by atoms with Crippen LogP contribution in [0.1, 0.15) is 30.5 Å². The summed E-state index contributed by atoms with van der Waals surface area (Å²) in [6.45, 7) is 1.48. The lowest BCUT2D eigenvalue weighted by atomic mass is 9.83. The van der Waals surface area contributed by atoms with E-state index >= 15 is 0 Å². The number of aromatic nitrogens is 2. The van der Waals surface area contributed by atoms with Crippen molar-refractivity contribution in [3.05, 3.63) is 41.6 Å². The Balaban J connectivity index is 1.46. The highest BCUT2D eigenvalue weighted by Crippen LogP contribution is 2.30. The van der Waals surface area contributed by atoms with Crippen molar-refractivity contribution < 1.29 is 9.53 Å². The first-order valence-corrected chi connectivity index (χ1v) is 9.86. The number of hydrogen-bond donors (Lipinski definition) is 2. The molecule has 0 unspecified atom stereocenters. The molecule has 144 valence electrons. The number of rotatable bonds is 3. The highest BCUT2D eigenvalue weighted by atomic mass is 16.5. The molecule has 1 saturated carbocycles. The van der Waals surface area contributed by atoms with Crippen LogP contribution >= 0.6 is 0 Å². The topological polar surface area (TPSA) is 84.2 Å². The highest BCUT2D eigenvalue weighted by molar-refractivity contribution is 5.79. The van der Waals surface area contributed by atoms with E-state index in [-0.39, 0.29) is 24.0 Å². The molecule has 4 rings (SSSR count). The van der Waals surface area contributed by atoms with Crippen LogP contribution in [0.25, 0.3) is 11.3 Å². The molecule has 0 spiro atoms. The molecule has 1 amide bonds. The molecule has 1 aromatic heterocycles. The summed E-state index contributed by atoms with van der Waals surface area (Å²) in [4.78, 5) is 15.1. The van der Waals surface area contributed by atoms with Crippen LogP contribution in [0.2, 0.25) is 0 Å². The lowest BCUT2D eigenvalue weighted by Crippen LogP contribution is -2.47. The number of amides is 1. The molecule has 1 aliphatic heterocycles. The lowest BCUT2D eigenvalue weighted by molar-refractivity contribution is -0.138. The molecule has 6 heteroatoms. The number of ether oxygens (including phenoxy) is 1. The Morgan fingerprint density at radius 1 is 1.22 bits per heavy atom. The van der Waals surface area contributed by atoms with E-state index in [9.17, 15) is 4.79 Å². The lowest BCUT2D eigenvalue weighted by Gasteiger charge is -2.35. The van der Waals surface area contributed by atoms with Crippen LogP contribution in [0.15, 0.2) is 30.3 Å². The van der Waals surface area contributed by atoms with Crippen molar-refractivity contribution in [2.45, 2.75) is 44.2 Å². The Morgan fingerprint density at radius 3 is 2.78 bits per heavy atom. The first-order chi connectivity index (χ1) is 13.2. The Morgan fingerprint density at radius 2 is 2.00 bits per heavy atom. The van der Waals surface area contributed by atoms with Gasteiger partial charge in [-0.2, -0.15) is 5.10 Å². The molecule has 0 radical (unpaired) electrons. The largest absolute Gasteiger partial charge is 0.380 e. The quantitative estimate of drug-likeness (QED) is 0.869. The van der Waals surface area contributed by atoms with Crippen LogP contribution < -0.4 is 5.73 Å². The van der Waals surface area contributed by atoms with E-state index in [2.05, 4.69) is 22.3 Å². The standard InChI is InChI=1S/C21H28N4O2/c1-27-19-13-15(7-8-17(19)22)21(26)25-11-9-16-18(10-12-25)23-24-20(16)14-5-3-2-4-6-14/h2-6,15,17,19H,7-13,22H2,1H3,(H,23,24)/t15-,17+,19+/m0/s1. The third kappa shape index (κ3) is 3.64. The zero-order chi connectivity index (χ0) is 18.8. The summed E-state index contributed by atoms with van der Waals surface area (Å²) in [6.07, 6.45) is 4.08. The van der Waals surface area contributed by atoms with Gasteiger partial charge in [0, 0.05) is 55.4 Å². The van der Waals surface area contributed by atoms with E-state index < -0.39 is 0 Å². The van der Waals surface area contributed by atoms with Gasteiger partial charge in [-0.15, -0.1) is 0 Å². The van der Waals surface area contributed by atoms with Crippen LogP contribution in [0, 0.1) is 5.92 Å². The minimum absolute atomic E-state index is 0.0127. The highest BCUT2D eigenvalue weighted by Gasteiger charge is 2.35. The summed E-state index contributed by atoms with van der Waals surface area (Å²) >= 11 is 0. The second-order valence-corrected chi connectivity index (χ2v) is 7.67. The van der Waals surface area contributed by atoms with Gasteiger partial charge in [-0.25, -0.2) is 0 Å². The molecule has 3 atom stereocenters. The number of nitrogens with two attached hydrogens (primary N) is 1. The van der Waals surface area contributed by atoms with Gasteiger partial charge in [0.1, 0.15) is 0 Å². The summed E-state index contributed by atoms with van der Waals surface area (Å²) in [5, 5.41) is 7.74. The van der Waals surface area contributed by atoms with Crippen LogP contribution in [0.5, 0.6) is 0 Å². The van der Waals surface area contributed by atoms with Crippen LogP contribution in [-0.4, -0.2) is 53.3 Å². The van der Waals surface area contributed by atoms with Crippen molar-refractivity contribution in [3.8, 4) is 11.3 Å². The van der Waals surface area contributed by atoms with Crippen molar-refractivity contribution in [2.75, 3.05) is 20.2 Å². The van der Waals surface area contributed by atoms with E-state index in [4.69, 9.17) is 10.5 Å². The first kappa shape index (κ1) is 18.2. The molecule has 0 saturated heterocycles. The number of H-pyrrole nitrogens is 1. The molecule has 2 heterocycles. The van der Waals surface area contributed by atoms with Gasteiger partial charge >= 0.3 is 0 Å². The zero-order valence-electron chi connectivity index (χ0n) is 15.9. The normalized spacial score (nSPS) is 25.7. The van der Waals surface area contributed by atoms with E-state index in [1.54, 1.807) is 7.11 Å². The molecule has 2 aliphatic rings. The molecular weight excluding hydrogens is 340 g/mol. The smallest absolute Gasteiger partial charge is 0.225 e. The number of carbonyl (C=O) groups excluding carboxylic acids is 1. The van der Waals surface area contributed by atoms with Gasteiger partial charge in [0.05, 0.1) is 11.8 Å². The molecule has 27 heavy (non-hydrogen) atoms. The summed E-state index contributed by atoms with van der Waals surface area (Å²) in [5.41, 5.74) is 10.7. The number of carbonyl (C=O) groups is 1. The third-order valence-corrected chi connectivity index (χ3v) is 6.07. The maximum Gasteiger partial charge on any atom is 0.225 e. The van der Waals surface area contributed by atoms with Gasteiger partial charge in [0.2, 0.25) is 5.91 Å². The average Bonchev–Trinajstić information content (AvgIpc) is 3.00. The SMILES string of the molecule is CO[C@@H]1C[C@@H](C(=O)N2CCc3[nH]nc(-c4ccccc4)c3CC2)CC[C@H]1N. The van der Waals surface area contributed by atoms with Crippen molar-refractivity contribution in [1.82, 2.24) is 15.1 Å². The zero-order valence-corrected chi connectivity index (χ0v) is 15.9. The Bertz CT molecular complexity index is 789. The fraction of sp³-hybridized carbons (Fsp3) is 0.524. The van der Waals surface area contributed by atoms with Gasteiger partial charge in [-0.1, -0.05) is 30.3 Å². The van der Waals surface area contributed by atoms with Crippen molar-refractivity contribution >= 4 is 5.91 Å². The van der Waals surface area contributed by atoms with Gasteiger partial charge in [-0.3, -0.25) is 9.89 Å². The van der Waals surface area contributed by atoms with Gasteiger partial charge in [-0.05, 0) is 25.7 Å². The number of nitrogens with zero attached hydrogens (tertiary/aromatic N) is 2. The molecule has 3 N–H and O–H groups in total. The summed E-state index contributed by atoms with van der Waals surface area (Å²) < 4.78 is 5.49. The van der Waals surface area contributed by atoms with Crippen LogP contribution in [0.4, 0.5) is 0 Å². The minimum atomic E-state index is -0.0127. The van der Waals surface area contributed by atoms with Crippen LogP contribution in [0.3, 0.4) is 0 Å². The average molecular weight is 368 g/mol. The van der Waals surface area contributed by atoms with E-state index in [1.807, 2.05) is 23.1 Å². The van der Waals surface area contributed by atoms with Crippen molar-refractivity contribution in [1.29, 1.82) is 0 Å². The number of aromatic amines is 1. The summed E-state index contributed by atoms with van der Waals surface area (Å²) in [6, 6.07) is 10.3. The number of fused-ring (bicyclic) bond motifs is 1. The minimum Gasteiger partial charge on any atom is -0.380 e. The van der Waals surface area contributed by atoms with E-state index in [0.717, 1.165) is 62.1 Å². The molecule has 1 aromatic carbocycles. The fourth-order valence-electron chi connectivity index (χ4n) is 4.44. The monoisotopic (exact) mass is 368 g/mol. The maximum absolute atomic E-state index is 13.1. The Labute approximate surface area is 160 Å². The number of methoxy groups -OCH3 is 1. The number of hydrogen-bond acceptors (Lipinski definition) is 4. The predicted octanol–water partition coefficient (Wildman–Crippen LogP) is 2.15. The number of nitrogens with one attached hydrogen (secondary N) is 1. The fourth-order valence-corrected chi connectivity index (χ4v) is 4.44. The molecular formula is C21H28N4O2.